The molecule has 0 saturated carbocycles. The lowest BCUT2D eigenvalue weighted by Crippen LogP contribution is -2.21. The van der Waals surface area contributed by atoms with Gasteiger partial charge < -0.3 is 15.0 Å². The number of anilines is 2. The van der Waals surface area contributed by atoms with E-state index in [0.717, 1.165) is 15.2 Å². The van der Waals surface area contributed by atoms with Crippen LogP contribution in [0.4, 0.5) is 16.0 Å². The van der Waals surface area contributed by atoms with Crippen LogP contribution in [0.2, 0.25) is 0 Å². The molecular formula is C24H28FN7O3S. The highest BCUT2D eigenvalue weighted by atomic mass is 32.2. The number of hydrogen-bond donors (Lipinski definition) is 1. The van der Waals surface area contributed by atoms with Gasteiger partial charge in [0.25, 0.3) is 10.0 Å². The molecule has 1 fully saturated rings. The smallest absolute Gasteiger partial charge is 0.269 e. The second-order valence-electron chi connectivity index (χ2n) is 8.97. The van der Waals surface area contributed by atoms with E-state index in [0.29, 0.717) is 30.8 Å². The third kappa shape index (κ3) is 4.20. The number of hydrogen-bond acceptors (Lipinski definition) is 8. The van der Waals surface area contributed by atoms with Crippen molar-refractivity contribution < 1.29 is 17.5 Å². The summed E-state index contributed by atoms with van der Waals surface area (Å²) in [5, 5.41) is 7.98. The van der Waals surface area contributed by atoms with Gasteiger partial charge in [0.05, 0.1) is 40.5 Å². The summed E-state index contributed by atoms with van der Waals surface area (Å²) in [5.41, 5.74) is 2.46. The number of likely N-dealkylation sites (N-methyl/N-ethyl adjacent to an activating group) is 1. The van der Waals surface area contributed by atoms with Crippen LogP contribution in [-0.4, -0.2) is 70.0 Å². The molecule has 1 aromatic carbocycles. The van der Waals surface area contributed by atoms with Crippen molar-refractivity contribution in [2.75, 3.05) is 32.1 Å². The standard InChI is InChI=1S/C24H28FN7O3S/c1-5-35-23-18-10-11-31(36(33,34)17-8-6-15(2)7-9-17)22(18)28-24(29-23)27-20-12-26-32(16(20)3)21-14-30(4)13-19(21)25/h6-12,19,21H,5,13-14H2,1-4H3,(H,27,28,29). The van der Waals surface area contributed by atoms with Crippen molar-refractivity contribution in [3.8, 4) is 5.88 Å². The maximum atomic E-state index is 14.5. The largest absolute Gasteiger partial charge is 0.477 e. The van der Waals surface area contributed by atoms with Gasteiger partial charge in [-0.2, -0.15) is 15.1 Å². The number of ether oxygens (including phenoxy) is 1. The van der Waals surface area contributed by atoms with E-state index in [1.54, 1.807) is 41.2 Å². The maximum Gasteiger partial charge on any atom is 0.269 e. The average Bonchev–Trinajstić information content (AvgIpc) is 3.51. The number of rotatable bonds is 7. The van der Waals surface area contributed by atoms with E-state index in [1.807, 2.05) is 32.7 Å². The number of nitrogens with zero attached hydrogens (tertiary/aromatic N) is 6. The van der Waals surface area contributed by atoms with Gasteiger partial charge in [0.2, 0.25) is 11.8 Å². The Hall–Kier alpha value is -3.51. The Morgan fingerprint density at radius 3 is 2.56 bits per heavy atom. The fraction of sp³-hybridized carbons (Fsp3) is 0.375. The number of benzene rings is 1. The Morgan fingerprint density at radius 2 is 1.89 bits per heavy atom. The Kier molecular flexibility index (Phi) is 6.17. The molecule has 2 atom stereocenters. The molecule has 0 radical (unpaired) electrons. The van der Waals surface area contributed by atoms with Crippen molar-refractivity contribution >= 4 is 32.7 Å². The van der Waals surface area contributed by atoms with Gasteiger partial charge in [0, 0.05) is 19.3 Å². The van der Waals surface area contributed by atoms with Gasteiger partial charge >= 0.3 is 0 Å². The Morgan fingerprint density at radius 1 is 1.14 bits per heavy atom. The number of aromatic nitrogens is 5. The topological polar surface area (TPSA) is 107 Å². The Labute approximate surface area is 208 Å². The van der Waals surface area contributed by atoms with Crippen LogP contribution in [0.3, 0.4) is 0 Å². The number of alkyl halides is 1. The summed E-state index contributed by atoms with van der Waals surface area (Å²) in [4.78, 5) is 11.1. The summed E-state index contributed by atoms with van der Waals surface area (Å²) in [7, 11) is -2.03. The molecule has 0 spiro atoms. The molecule has 1 aliphatic heterocycles. The van der Waals surface area contributed by atoms with E-state index >= 15 is 0 Å². The number of aryl methyl sites for hydroxylation is 1. The van der Waals surface area contributed by atoms with E-state index in [9.17, 15) is 12.8 Å². The summed E-state index contributed by atoms with van der Waals surface area (Å²) < 4.78 is 49.8. The van der Waals surface area contributed by atoms with Gasteiger partial charge in [0.1, 0.15) is 6.17 Å². The van der Waals surface area contributed by atoms with Crippen molar-refractivity contribution in [1.82, 2.24) is 28.6 Å². The summed E-state index contributed by atoms with van der Waals surface area (Å²) in [6, 6.07) is 7.86. The fourth-order valence-corrected chi connectivity index (χ4v) is 5.74. The molecule has 4 heterocycles. The van der Waals surface area contributed by atoms with Crippen LogP contribution in [0, 0.1) is 13.8 Å². The normalized spacial score (nSPS) is 18.7. The van der Waals surface area contributed by atoms with Crippen molar-refractivity contribution in [3.63, 3.8) is 0 Å². The van der Waals surface area contributed by atoms with Gasteiger partial charge in [-0.15, -0.1) is 0 Å². The number of nitrogens with one attached hydrogen (secondary N) is 1. The number of likely N-dealkylation sites (tertiary alicyclic amines) is 1. The first-order valence-corrected chi connectivity index (χ1v) is 13.1. The SMILES string of the molecule is CCOc1nc(Nc2cnn(C3CN(C)CC3F)c2C)nc2c1ccn2S(=O)(=O)c1ccc(C)cc1. The summed E-state index contributed by atoms with van der Waals surface area (Å²) in [5.74, 6) is 0.405. The first-order chi connectivity index (χ1) is 17.2. The van der Waals surface area contributed by atoms with E-state index in [1.165, 1.54) is 6.20 Å². The minimum absolute atomic E-state index is 0.146. The molecule has 1 N–H and O–H groups in total. The third-order valence-electron chi connectivity index (χ3n) is 6.34. The first kappa shape index (κ1) is 24.2. The Bertz CT molecular complexity index is 1510. The monoisotopic (exact) mass is 513 g/mol. The second-order valence-corrected chi connectivity index (χ2v) is 10.8. The number of halogens is 1. The molecule has 0 aliphatic carbocycles. The van der Waals surface area contributed by atoms with Crippen LogP contribution in [-0.2, 0) is 10.0 Å². The van der Waals surface area contributed by atoms with Crippen LogP contribution in [0.1, 0.15) is 24.2 Å². The van der Waals surface area contributed by atoms with E-state index in [2.05, 4.69) is 20.4 Å². The lowest BCUT2D eigenvalue weighted by Gasteiger charge is -2.15. The van der Waals surface area contributed by atoms with Crippen molar-refractivity contribution in [1.29, 1.82) is 0 Å². The highest BCUT2D eigenvalue weighted by molar-refractivity contribution is 7.90. The molecule has 2 unspecified atom stereocenters. The molecule has 1 aliphatic rings. The Balaban J connectivity index is 1.55. The predicted octanol–water partition coefficient (Wildman–Crippen LogP) is 3.45. The molecule has 1 saturated heterocycles. The van der Waals surface area contributed by atoms with Gasteiger partial charge in [-0.3, -0.25) is 4.68 Å². The zero-order chi connectivity index (χ0) is 25.6. The first-order valence-electron chi connectivity index (χ1n) is 11.7. The van der Waals surface area contributed by atoms with Crippen LogP contribution in [0.25, 0.3) is 11.0 Å². The molecule has 5 rings (SSSR count). The molecular weight excluding hydrogens is 485 g/mol. The molecule has 4 aromatic rings. The van der Waals surface area contributed by atoms with E-state index in [-0.39, 0.29) is 28.4 Å². The van der Waals surface area contributed by atoms with Crippen LogP contribution < -0.4 is 10.1 Å². The molecule has 0 bridgehead atoms. The maximum absolute atomic E-state index is 14.5. The molecule has 0 amide bonds. The van der Waals surface area contributed by atoms with Gasteiger partial charge in [-0.25, -0.2) is 16.8 Å². The summed E-state index contributed by atoms with van der Waals surface area (Å²) in [6.07, 6.45) is 2.02. The molecule has 36 heavy (non-hydrogen) atoms. The average molecular weight is 514 g/mol. The molecule has 12 heteroatoms. The summed E-state index contributed by atoms with van der Waals surface area (Å²) in [6.45, 7) is 6.81. The van der Waals surface area contributed by atoms with Gasteiger partial charge in [-0.1, -0.05) is 17.7 Å². The zero-order valence-corrected chi connectivity index (χ0v) is 21.3. The summed E-state index contributed by atoms with van der Waals surface area (Å²) >= 11 is 0. The molecule has 10 nitrogen and oxygen atoms in total. The van der Waals surface area contributed by atoms with Crippen molar-refractivity contribution in [2.45, 2.75) is 37.9 Å². The highest BCUT2D eigenvalue weighted by Crippen LogP contribution is 2.31. The lowest BCUT2D eigenvalue weighted by molar-refractivity contribution is 0.265. The van der Waals surface area contributed by atoms with Gasteiger partial charge in [-0.05, 0) is 46.0 Å². The molecule has 3 aromatic heterocycles. The van der Waals surface area contributed by atoms with Crippen molar-refractivity contribution in [3.05, 3.63) is 54.0 Å². The van der Waals surface area contributed by atoms with Crippen molar-refractivity contribution in [2.24, 2.45) is 0 Å². The lowest BCUT2D eigenvalue weighted by atomic mass is 10.2. The van der Waals surface area contributed by atoms with E-state index in [4.69, 9.17) is 4.74 Å². The molecule has 190 valence electrons. The van der Waals surface area contributed by atoms with Crippen LogP contribution in [0.15, 0.2) is 47.6 Å². The quantitative estimate of drug-likeness (QED) is 0.401. The van der Waals surface area contributed by atoms with Crippen LogP contribution >= 0.6 is 0 Å². The van der Waals surface area contributed by atoms with Gasteiger partial charge in [0.15, 0.2) is 5.65 Å². The van der Waals surface area contributed by atoms with E-state index < -0.39 is 16.2 Å². The predicted molar refractivity (Wildman–Crippen MR) is 134 cm³/mol. The van der Waals surface area contributed by atoms with Crippen LogP contribution in [0.5, 0.6) is 5.88 Å². The fourth-order valence-electron chi connectivity index (χ4n) is 4.44. The minimum atomic E-state index is -3.91. The minimum Gasteiger partial charge on any atom is -0.477 e. The highest BCUT2D eigenvalue weighted by Gasteiger charge is 2.34. The third-order valence-corrected chi connectivity index (χ3v) is 8.02. The second kappa shape index (κ2) is 9.17. The zero-order valence-electron chi connectivity index (χ0n) is 20.5. The number of fused-ring (bicyclic) bond motifs is 1.